The average Bonchev–Trinajstić information content (AvgIpc) is 3.66. The lowest BCUT2D eigenvalue weighted by Crippen LogP contribution is -2.39. The van der Waals surface area contributed by atoms with Gasteiger partial charge in [0.1, 0.15) is 11.6 Å². The molecule has 1 aliphatic carbocycles. The van der Waals surface area contributed by atoms with Crippen LogP contribution in [0.4, 0.5) is 5.82 Å². The van der Waals surface area contributed by atoms with E-state index < -0.39 is 0 Å². The number of rotatable bonds is 9. The van der Waals surface area contributed by atoms with Crippen molar-refractivity contribution in [2.45, 2.75) is 39.8 Å². The minimum absolute atomic E-state index is 0.568. The zero-order valence-electron chi connectivity index (χ0n) is 19.3. The summed E-state index contributed by atoms with van der Waals surface area (Å²) >= 11 is 0. The third-order valence-electron chi connectivity index (χ3n) is 5.77. The zero-order valence-corrected chi connectivity index (χ0v) is 19.3. The van der Waals surface area contributed by atoms with E-state index in [9.17, 15) is 0 Å². The van der Waals surface area contributed by atoms with E-state index in [1.807, 2.05) is 12.3 Å². The van der Waals surface area contributed by atoms with Gasteiger partial charge in [-0.25, -0.2) is 9.98 Å². The number of benzene rings is 1. The van der Waals surface area contributed by atoms with Crippen molar-refractivity contribution in [3.8, 4) is 5.75 Å². The van der Waals surface area contributed by atoms with Crippen molar-refractivity contribution in [2.75, 3.05) is 44.4 Å². The maximum atomic E-state index is 6.11. The summed E-state index contributed by atoms with van der Waals surface area (Å²) in [5.74, 6) is 3.50. The fourth-order valence-corrected chi connectivity index (χ4v) is 3.73. The van der Waals surface area contributed by atoms with Gasteiger partial charge in [0, 0.05) is 43.5 Å². The van der Waals surface area contributed by atoms with Crippen molar-refractivity contribution >= 4 is 11.8 Å². The molecule has 1 aromatic carbocycles. The second-order valence-corrected chi connectivity index (χ2v) is 8.50. The molecule has 1 saturated carbocycles. The number of hydrogen-bond acceptors (Lipinski definition) is 5. The third kappa shape index (κ3) is 6.36. The first-order chi connectivity index (χ1) is 15.7. The molecule has 1 saturated heterocycles. The quantitative estimate of drug-likeness (QED) is 0.464. The first-order valence-electron chi connectivity index (χ1n) is 11.7. The van der Waals surface area contributed by atoms with E-state index in [0.29, 0.717) is 13.1 Å². The highest BCUT2D eigenvalue weighted by molar-refractivity contribution is 5.80. The Morgan fingerprint density at radius 1 is 1.19 bits per heavy atom. The third-order valence-corrected chi connectivity index (χ3v) is 5.77. The van der Waals surface area contributed by atoms with E-state index in [1.165, 1.54) is 18.4 Å². The Labute approximate surface area is 191 Å². The van der Waals surface area contributed by atoms with Crippen LogP contribution in [-0.2, 0) is 17.8 Å². The number of pyridine rings is 1. The highest BCUT2D eigenvalue weighted by Gasteiger charge is 2.22. The molecular formula is C25H35N5O2. The number of guanidine groups is 1. The van der Waals surface area contributed by atoms with Crippen molar-refractivity contribution in [3.63, 3.8) is 0 Å². The molecule has 2 aromatic rings. The topological polar surface area (TPSA) is 71.0 Å². The second kappa shape index (κ2) is 11.2. The molecule has 7 nitrogen and oxygen atoms in total. The molecule has 7 heteroatoms. The van der Waals surface area contributed by atoms with Gasteiger partial charge in [-0.2, -0.15) is 0 Å². The Morgan fingerprint density at radius 3 is 2.81 bits per heavy atom. The largest absolute Gasteiger partial charge is 0.493 e. The number of ether oxygens (including phenoxy) is 2. The van der Waals surface area contributed by atoms with E-state index in [1.54, 1.807) is 0 Å². The van der Waals surface area contributed by atoms with Crippen molar-refractivity contribution in [1.29, 1.82) is 0 Å². The van der Waals surface area contributed by atoms with Gasteiger partial charge >= 0.3 is 0 Å². The van der Waals surface area contributed by atoms with Crippen LogP contribution in [-0.4, -0.2) is 50.4 Å². The fraction of sp³-hybridized carbons (Fsp3) is 0.520. The first kappa shape index (κ1) is 22.4. The van der Waals surface area contributed by atoms with Gasteiger partial charge in [0.15, 0.2) is 5.96 Å². The number of hydrogen-bond donors (Lipinski definition) is 2. The van der Waals surface area contributed by atoms with E-state index in [0.717, 1.165) is 74.0 Å². The fourth-order valence-electron chi connectivity index (χ4n) is 3.73. The molecule has 0 atom stereocenters. The normalized spacial score (nSPS) is 16.7. The Bertz CT molecular complexity index is 907. The minimum atomic E-state index is 0.568. The number of aromatic nitrogens is 1. The smallest absolute Gasteiger partial charge is 0.191 e. The van der Waals surface area contributed by atoms with Crippen LogP contribution in [0.1, 0.15) is 36.5 Å². The molecule has 1 aromatic heterocycles. The number of morpholine rings is 1. The van der Waals surface area contributed by atoms with Gasteiger partial charge in [0.25, 0.3) is 0 Å². The average molecular weight is 438 g/mol. The number of aliphatic imine (C=N–C) groups is 1. The van der Waals surface area contributed by atoms with Crippen LogP contribution in [0.25, 0.3) is 0 Å². The molecule has 2 aliphatic rings. The van der Waals surface area contributed by atoms with Gasteiger partial charge in [-0.15, -0.1) is 0 Å². The van der Waals surface area contributed by atoms with Gasteiger partial charge in [0.2, 0.25) is 0 Å². The summed E-state index contributed by atoms with van der Waals surface area (Å²) in [4.78, 5) is 11.8. The van der Waals surface area contributed by atoms with Gasteiger partial charge in [-0.05, 0) is 50.3 Å². The standard InChI is InChI=1S/C25H35N5O2/c1-3-26-25(28-16-21-9-6-19(2)15-23(21)32-18-20-7-8-20)29-17-22-5-4-10-27-24(22)30-11-13-31-14-12-30/h4-6,9-10,15,20H,3,7-8,11-14,16-18H2,1-2H3,(H2,26,28,29). The van der Waals surface area contributed by atoms with Crippen molar-refractivity contribution in [1.82, 2.24) is 15.6 Å². The van der Waals surface area contributed by atoms with Crippen molar-refractivity contribution in [3.05, 3.63) is 53.2 Å². The highest BCUT2D eigenvalue weighted by atomic mass is 16.5. The summed E-state index contributed by atoms with van der Waals surface area (Å²) in [6.45, 7) is 10.2. The van der Waals surface area contributed by atoms with Crippen molar-refractivity contribution < 1.29 is 9.47 Å². The molecule has 2 heterocycles. The van der Waals surface area contributed by atoms with Gasteiger partial charge < -0.3 is 25.0 Å². The van der Waals surface area contributed by atoms with Gasteiger partial charge in [-0.1, -0.05) is 18.2 Å². The minimum Gasteiger partial charge on any atom is -0.493 e. The summed E-state index contributed by atoms with van der Waals surface area (Å²) in [6, 6.07) is 10.5. The van der Waals surface area contributed by atoms with Crippen LogP contribution in [0, 0.1) is 12.8 Å². The number of nitrogens with one attached hydrogen (secondary N) is 2. The van der Waals surface area contributed by atoms with E-state index in [2.05, 4.69) is 58.6 Å². The molecule has 0 bridgehead atoms. The lowest BCUT2D eigenvalue weighted by Gasteiger charge is -2.29. The Kier molecular flexibility index (Phi) is 7.82. The molecule has 4 rings (SSSR count). The summed E-state index contributed by atoms with van der Waals surface area (Å²) < 4.78 is 11.6. The Morgan fingerprint density at radius 2 is 2.03 bits per heavy atom. The van der Waals surface area contributed by atoms with Gasteiger partial charge in [-0.3, -0.25) is 0 Å². The van der Waals surface area contributed by atoms with E-state index in [4.69, 9.17) is 14.5 Å². The summed E-state index contributed by atoms with van der Waals surface area (Å²) in [5.41, 5.74) is 3.48. The molecular weight excluding hydrogens is 402 g/mol. The molecule has 0 spiro atoms. The molecule has 0 unspecified atom stereocenters. The SMILES string of the molecule is CCNC(=NCc1ccc(C)cc1OCC1CC1)NCc1cccnc1N1CCOCC1. The highest BCUT2D eigenvalue weighted by Crippen LogP contribution is 2.31. The molecule has 2 fully saturated rings. The summed E-state index contributed by atoms with van der Waals surface area (Å²) in [5, 5.41) is 6.84. The molecule has 2 N–H and O–H groups in total. The van der Waals surface area contributed by atoms with Crippen LogP contribution >= 0.6 is 0 Å². The number of nitrogens with zero attached hydrogens (tertiary/aromatic N) is 3. The Hall–Kier alpha value is -2.80. The van der Waals surface area contributed by atoms with Gasteiger partial charge in [0.05, 0.1) is 26.4 Å². The van der Waals surface area contributed by atoms with Crippen LogP contribution < -0.4 is 20.3 Å². The van der Waals surface area contributed by atoms with E-state index in [-0.39, 0.29) is 0 Å². The van der Waals surface area contributed by atoms with Crippen molar-refractivity contribution in [2.24, 2.45) is 10.9 Å². The molecule has 0 amide bonds. The molecule has 0 radical (unpaired) electrons. The lowest BCUT2D eigenvalue weighted by molar-refractivity contribution is 0.122. The maximum absolute atomic E-state index is 6.11. The summed E-state index contributed by atoms with van der Waals surface area (Å²) in [7, 11) is 0. The Balaban J connectivity index is 1.42. The van der Waals surface area contributed by atoms with Crippen LogP contribution in [0.2, 0.25) is 0 Å². The van der Waals surface area contributed by atoms with E-state index >= 15 is 0 Å². The van der Waals surface area contributed by atoms with Crippen LogP contribution in [0.3, 0.4) is 0 Å². The van der Waals surface area contributed by atoms with Crippen LogP contribution in [0.5, 0.6) is 5.75 Å². The maximum Gasteiger partial charge on any atom is 0.191 e. The molecule has 172 valence electrons. The summed E-state index contributed by atoms with van der Waals surface area (Å²) in [6.07, 6.45) is 4.43. The monoisotopic (exact) mass is 437 g/mol. The lowest BCUT2D eigenvalue weighted by atomic mass is 10.1. The number of anilines is 1. The first-order valence-corrected chi connectivity index (χ1v) is 11.7. The van der Waals surface area contributed by atoms with Crippen LogP contribution in [0.15, 0.2) is 41.5 Å². The zero-order chi connectivity index (χ0) is 22.2. The predicted octanol–water partition coefficient (Wildman–Crippen LogP) is 3.27. The second-order valence-electron chi connectivity index (χ2n) is 8.50. The predicted molar refractivity (Wildman–Crippen MR) is 128 cm³/mol. The molecule has 32 heavy (non-hydrogen) atoms. The number of aryl methyl sites for hydroxylation is 1. The molecule has 1 aliphatic heterocycles.